The van der Waals surface area contributed by atoms with Crippen molar-refractivity contribution in [2.45, 2.75) is 45.0 Å². The van der Waals surface area contributed by atoms with Gasteiger partial charge in [-0.25, -0.2) is 0 Å². The molecule has 0 radical (unpaired) electrons. The van der Waals surface area contributed by atoms with Crippen molar-refractivity contribution >= 4 is 27.3 Å². The lowest BCUT2D eigenvalue weighted by molar-refractivity contribution is 0.0555. The first-order chi connectivity index (χ1) is 20.0. The number of hydrogen-bond acceptors (Lipinski definition) is 6. The standard InChI is InChI=1S/C18H16BrNO2.C16H15NO2/c1-12(21)13-6-7-18-16(10-13)14(4-2-8-19)15-5-3-9-20-17(15)11-22-18;18-16(11-7-8-11)12-5-3-9-17-14(12)10-19-15-6-2-1-4-13(15)16/h3-7,9-10H,2,8,11H2,1H3;1-6,9,11,18H,7-8,10H2/b14-4+;. The number of aliphatic hydroxyl groups is 1. The van der Waals surface area contributed by atoms with E-state index < -0.39 is 5.60 Å². The van der Waals surface area contributed by atoms with Crippen molar-refractivity contribution < 1.29 is 19.4 Å². The quantitative estimate of drug-likeness (QED) is 0.198. The van der Waals surface area contributed by atoms with Gasteiger partial charge < -0.3 is 14.6 Å². The maximum absolute atomic E-state index is 11.7. The van der Waals surface area contributed by atoms with Crippen molar-refractivity contribution in [2.24, 2.45) is 5.92 Å². The molecule has 208 valence electrons. The first-order valence-corrected chi connectivity index (χ1v) is 15.0. The summed E-state index contributed by atoms with van der Waals surface area (Å²) >= 11 is 3.47. The SMILES string of the molecule is CC(=O)c1ccc2c(c1)/C(=C/CCBr)c1cccnc1CO2.OC1(C2CC2)c2ccccc2OCc2ncccc21. The van der Waals surface area contributed by atoms with E-state index in [0.29, 0.717) is 18.8 Å². The molecular formula is C34H31BrN2O4. The van der Waals surface area contributed by atoms with Crippen LogP contribution in [0.5, 0.6) is 11.5 Å². The van der Waals surface area contributed by atoms with E-state index in [2.05, 4.69) is 38.0 Å². The monoisotopic (exact) mass is 610 g/mol. The predicted molar refractivity (Wildman–Crippen MR) is 161 cm³/mol. The molecule has 6 nitrogen and oxygen atoms in total. The van der Waals surface area contributed by atoms with Crippen LogP contribution in [0, 0.1) is 5.92 Å². The number of hydrogen-bond donors (Lipinski definition) is 1. The number of aromatic nitrogens is 2. The lowest BCUT2D eigenvalue weighted by Crippen LogP contribution is -2.30. The number of halogens is 1. The summed E-state index contributed by atoms with van der Waals surface area (Å²) in [6.45, 7) is 2.44. The summed E-state index contributed by atoms with van der Waals surface area (Å²) < 4.78 is 11.7. The Morgan fingerprint density at radius 3 is 2.41 bits per heavy atom. The van der Waals surface area contributed by atoms with Crippen LogP contribution in [0.4, 0.5) is 0 Å². The Morgan fingerprint density at radius 2 is 1.63 bits per heavy atom. The summed E-state index contributed by atoms with van der Waals surface area (Å²) in [5.74, 6) is 1.90. The van der Waals surface area contributed by atoms with Gasteiger partial charge in [0.15, 0.2) is 5.78 Å². The van der Waals surface area contributed by atoms with E-state index in [0.717, 1.165) is 75.3 Å². The molecule has 3 aliphatic rings. The average molecular weight is 612 g/mol. The number of carbonyl (C=O) groups excluding carboxylic acids is 1. The molecule has 2 aromatic heterocycles. The van der Waals surface area contributed by atoms with Crippen molar-refractivity contribution in [3.05, 3.63) is 124 Å². The van der Waals surface area contributed by atoms with Gasteiger partial charge in [0, 0.05) is 45.5 Å². The smallest absolute Gasteiger partial charge is 0.159 e. The van der Waals surface area contributed by atoms with Gasteiger partial charge in [-0.15, -0.1) is 0 Å². The minimum Gasteiger partial charge on any atom is -0.487 e. The first kappa shape index (κ1) is 27.4. The Hall–Kier alpha value is -3.81. The molecule has 1 atom stereocenters. The van der Waals surface area contributed by atoms with Gasteiger partial charge in [-0.2, -0.15) is 0 Å². The number of benzene rings is 2. The number of para-hydroxylation sites is 1. The number of alkyl halides is 1. The molecular weight excluding hydrogens is 580 g/mol. The van der Waals surface area contributed by atoms with Gasteiger partial charge in [0.05, 0.1) is 11.4 Å². The van der Waals surface area contributed by atoms with Crippen LogP contribution in [0.25, 0.3) is 5.57 Å². The molecule has 2 aliphatic heterocycles. The highest BCUT2D eigenvalue weighted by molar-refractivity contribution is 9.09. The van der Waals surface area contributed by atoms with Crippen LogP contribution in [0.15, 0.2) is 85.2 Å². The van der Waals surface area contributed by atoms with Crippen molar-refractivity contribution in [2.75, 3.05) is 5.33 Å². The molecule has 0 saturated heterocycles. The second-order valence-electron chi connectivity index (χ2n) is 10.5. The van der Waals surface area contributed by atoms with Gasteiger partial charge in [-0.1, -0.05) is 52.3 Å². The number of allylic oxidation sites excluding steroid dienone is 1. The molecule has 0 bridgehead atoms. The Labute approximate surface area is 248 Å². The molecule has 1 aliphatic carbocycles. The maximum Gasteiger partial charge on any atom is 0.159 e. The molecule has 0 spiro atoms. The highest BCUT2D eigenvalue weighted by Gasteiger charge is 2.50. The summed E-state index contributed by atoms with van der Waals surface area (Å²) in [4.78, 5) is 20.5. The Bertz CT molecular complexity index is 1580. The van der Waals surface area contributed by atoms with Gasteiger partial charge >= 0.3 is 0 Å². The van der Waals surface area contributed by atoms with E-state index in [1.807, 2.05) is 60.7 Å². The zero-order chi connectivity index (χ0) is 28.4. The number of rotatable bonds is 4. The molecule has 1 unspecified atom stereocenters. The molecule has 1 N–H and O–H groups in total. The van der Waals surface area contributed by atoms with Gasteiger partial charge in [-0.3, -0.25) is 14.8 Å². The van der Waals surface area contributed by atoms with E-state index >= 15 is 0 Å². The second-order valence-corrected chi connectivity index (χ2v) is 11.3. The number of fused-ring (bicyclic) bond motifs is 4. The molecule has 4 aromatic rings. The topological polar surface area (TPSA) is 81.5 Å². The fraction of sp³-hybridized carbons (Fsp3) is 0.265. The van der Waals surface area contributed by atoms with Crippen LogP contribution in [-0.2, 0) is 18.8 Å². The van der Waals surface area contributed by atoms with E-state index in [9.17, 15) is 9.90 Å². The second kappa shape index (κ2) is 11.6. The largest absolute Gasteiger partial charge is 0.487 e. The predicted octanol–water partition coefficient (Wildman–Crippen LogP) is 7.01. The first-order valence-electron chi connectivity index (χ1n) is 13.9. The van der Waals surface area contributed by atoms with Crippen LogP contribution in [0.2, 0.25) is 0 Å². The molecule has 7 rings (SSSR count). The van der Waals surface area contributed by atoms with E-state index in [-0.39, 0.29) is 11.7 Å². The van der Waals surface area contributed by atoms with Gasteiger partial charge in [0.25, 0.3) is 0 Å². The van der Waals surface area contributed by atoms with Crippen molar-refractivity contribution in [1.82, 2.24) is 9.97 Å². The zero-order valence-electron chi connectivity index (χ0n) is 22.8. The van der Waals surface area contributed by atoms with Gasteiger partial charge in [0.1, 0.15) is 30.3 Å². The number of ether oxygens (including phenoxy) is 2. The summed E-state index contributed by atoms with van der Waals surface area (Å²) in [5.41, 5.74) is 6.40. The molecule has 41 heavy (non-hydrogen) atoms. The highest BCUT2D eigenvalue weighted by Crippen LogP contribution is 2.53. The van der Waals surface area contributed by atoms with E-state index in [1.54, 1.807) is 19.3 Å². The third-order valence-electron chi connectivity index (χ3n) is 7.81. The number of ketones is 1. The minimum atomic E-state index is -0.948. The van der Waals surface area contributed by atoms with Crippen molar-refractivity contribution in [1.29, 1.82) is 0 Å². The molecule has 1 fully saturated rings. The zero-order valence-corrected chi connectivity index (χ0v) is 24.4. The number of Topliss-reactive ketones (excluding diaryl/α,β-unsaturated/α-hetero) is 1. The maximum atomic E-state index is 11.7. The molecule has 1 saturated carbocycles. The van der Waals surface area contributed by atoms with Crippen LogP contribution in [-0.4, -0.2) is 26.2 Å². The van der Waals surface area contributed by atoms with Crippen LogP contribution in [0.3, 0.4) is 0 Å². The summed E-state index contributed by atoms with van der Waals surface area (Å²) in [6.07, 6.45) is 8.71. The summed E-state index contributed by atoms with van der Waals surface area (Å²) in [5, 5.41) is 12.3. The fourth-order valence-corrected chi connectivity index (χ4v) is 5.86. The molecule has 0 amide bonds. The van der Waals surface area contributed by atoms with Gasteiger partial charge in [0.2, 0.25) is 0 Å². The third kappa shape index (κ3) is 5.32. The Kier molecular flexibility index (Phi) is 7.73. The van der Waals surface area contributed by atoms with E-state index in [1.165, 1.54) is 0 Å². The average Bonchev–Trinajstić information content (AvgIpc) is 3.87. The molecule has 2 aromatic carbocycles. The van der Waals surface area contributed by atoms with Crippen molar-refractivity contribution in [3.8, 4) is 11.5 Å². The number of pyridine rings is 2. The fourth-order valence-electron chi connectivity index (χ4n) is 5.63. The van der Waals surface area contributed by atoms with Crippen LogP contribution < -0.4 is 9.47 Å². The minimum absolute atomic E-state index is 0.0540. The normalized spacial score (nSPS) is 19.4. The van der Waals surface area contributed by atoms with Crippen molar-refractivity contribution in [3.63, 3.8) is 0 Å². The Morgan fingerprint density at radius 1 is 0.927 bits per heavy atom. The highest BCUT2D eigenvalue weighted by atomic mass is 79.9. The van der Waals surface area contributed by atoms with Gasteiger partial charge in [-0.05, 0) is 74.1 Å². The summed E-state index contributed by atoms with van der Waals surface area (Å²) in [6, 6.07) is 21.2. The summed E-state index contributed by atoms with van der Waals surface area (Å²) in [7, 11) is 0. The van der Waals surface area contributed by atoms with Crippen LogP contribution in [0.1, 0.15) is 70.2 Å². The third-order valence-corrected chi connectivity index (χ3v) is 8.27. The number of carbonyl (C=O) groups is 1. The lowest BCUT2D eigenvalue weighted by atomic mass is 9.81. The van der Waals surface area contributed by atoms with E-state index in [4.69, 9.17) is 9.47 Å². The number of nitrogens with zero attached hydrogens (tertiary/aromatic N) is 2. The molecule has 4 heterocycles. The van der Waals surface area contributed by atoms with Crippen LogP contribution >= 0.6 is 15.9 Å². The molecule has 7 heteroatoms. The Balaban J connectivity index is 0.000000149. The lowest BCUT2D eigenvalue weighted by Gasteiger charge is -2.29.